The number of carbonyl (C=O) groups excluding carboxylic acids is 1. The zero-order valence-corrected chi connectivity index (χ0v) is 12.3. The highest BCUT2D eigenvalue weighted by molar-refractivity contribution is 6.18. The maximum atomic E-state index is 10.3. The molecule has 3 nitrogen and oxygen atoms in total. The van der Waals surface area contributed by atoms with Gasteiger partial charge in [-0.15, -0.1) is 23.2 Å². The summed E-state index contributed by atoms with van der Waals surface area (Å²) >= 11 is 11.5. The van der Waals surface area contributed by atoms with Crippen molar-refractivity contribution < 1.29 is 9.90 Å². The van der Waals surface area contributed by atoms with Crippen molar-refractivity contribution in [3.63, 3.8) is 0 Å². The minimum atomic E-state index is -0.993. The Kier molecular flexibility index (Phi) is 7.68. The molecule has 0 saturated carbocycles. The zero-order valence-electron chi connectivity index (χ0n) is 10.8. The van der Waals surface area contributed by atoms with Crippen molar-refractivity contribution >= 4 is 34.9 Å². The Labute approximate surface area is 124 Å². The Morgan fingerprint density at radius 1 is 1.05 bits per heavy atom. The van der Waals surface area contributed by atoms with Crippen molar-refractivity contribution in [2.75, 3.05) is 29.7 Å². The second-order valence-corrected chi connectivity index (χ2v) is 5.01. The molecule has 0 atom stereocenters. The molecule has 0 aliphatic rings. The number of hydrogen-bond donors (Lipinski definition) is 0. The quantitative estimate of drug-likeness (QED) is 0.657. The fourth-order valence-electron chi connectivity index (χ4n) is 1.88. The van der Waals surface area contributed by atoms with Crippen LogP contribution in [0.5, 0.6) is 0 Å². The second kappa shape index (κ2) is 9.05. The van der Waals surface area contributed by atoms with Crippen molar-refractivity contribution in [1.82, 2.24) is 0 Å². The molecule has 0 amide bonds. The normalized spacial score (nSPS) is 10.4. The maximum Gasteiger partial charge on any atom is 0.355 e. The molecule has 0 N–H and O–H groups in total. The van der Waals surface area contributed by atoms with E-state index in [1.165, 1.54) is 0 Å². The van der Waals surface area contributed by atoms with E-state index in [0.29, 0.717) is 18.2 Å². The number of alkyl halides is 2. The van der Waals surface area contributed by atoms with E-state index in [1.54, 1.807) is 0 Å². The summed E-state index contributed by atoms with van der Waals surface area (Å²) in [6.45, 7) is 1.52. The van der Waals surface area contributed by atoms with Crippen LogP contribution in [0.1, 0.15) is 18.4 Å². The van der Waals surface area contributed by atoms with Crippen LogP contribution in [0.15, 0.2) is 24.3 Å². The highest BCUT2D eigenvalue weighted by Crippen LogP contribution is 2.16. The molecule has 0 spiro atoms. The average Bonchev–Trinajstić information content (AvgIpc) is 2.39. The number of carbonyl (C=O) groups is 1. The fraction of sp³-hybridized carbons (Fsp3) is 0.500. The highest BCUT2D eigenvalue weighted by Gasteiger charge is 2.05. The third kappa shape index (κ3) is 6.17. The van der Waals surface area contributed by atoms with Crippen molar-refractivity contribution in [2.45, 2.75) is 19.3 Å². The first-order valence-corrected chi connectivity index (χ1v) is 7.40. The van der Waals surface area contributed by atoms with Crippen LogP contribution >= 0.6 is 23.2 Å². The van der Waals surface area contributed by atoms with Crippen LogP contribution in [0.2, 0.25) is 0 Å². The highest BCUT2D eigenvalue weighted by atomic mass is 35.5. The van der Waals surface area contributed by atoms with Gasteiger partial charge in [0.15, 0.2) is 0 Å². The zero-order chi connectivity index (χ0) is 14.1. The van der Waals surface area contributed by atoms with Crippen LogP contribution in [0, 0.1) is 0 Å². The lowest BCUT2D eigenvalue weighted by Gasteiger charge is -2.23. The Morgan fingerprint density at radius 2 is 1.63 bits per heavy atom. The maximum absolute atomic E-state index is 10.3. The molecular weight excluding hydrogens is 285 g/mol. The van der Waals surface area contributed by atoms with Crippen LogP contribution in [0.25, 0.3) is 0 Å². The Balaban J connectivity index is 2.55. The van der Waals surface area contributed by atoms with E-state index in [2.05, 4.69) is 4.90 Å². The number of aryl methyl sites for hydroxylation is 1. The molecule has 0 unspecified atom stereocenters. The van der Waals surface area contributed by atoms with E-state index in [1.807, 2.05) is 24.3 Å². The van der Waals surface area contributed by atoms with E-state index >= 15 is 0 Å². The minimum absolute atomic E-state index is 0.104. The summed E-state index contributed by atoms with van der Waals surface area (Å²) in [5.74, 6) is 0.126. The fourth-order valence-corrected chi connectivity index (χ4v) is 2.29. The lowest BCUT2D eigenvalue weighted by molar-refractivity contribution is -0.143. The largest absolute Gasteiger partial charge is 0.369 e. The van der Waals surface area contributed by atoms with Gasteiger partial charge in [-0.05, 0) is 30.5 Å². The van der Waals surface area contributed by atoms with Crippen LogP contribution in [0.4, 0.5) is 5.69 Å². The predicted molar refractivity (Wildman–Crippen MR) is 78.7 cm³/mol. The number of benzene rings is 1. The van der Waals surface area contributed by atoms with Gasteiger partial charge in [-0.2, -0.15) is 0 Å². The van der Waals surface area contributed by atoms with Gasteiger partial charge in [0.05, 0.1) is 6.42 Å². The van der Waals surface area contributed by atoms with Gasteiger partial charge in [0, 0.05) is 30.5 Å². The average molecular weight is 303 g/mol. The number of halogens is 2. The molecule has 19 heavy (non-hydrogen) atoms. The smallest absolute Gasteiger partial charge is 0.355 e. The SMILES string of the molecule is [O]C(=O)CCCc1ccc(N(CCCl)CCCl)cc1. The minimum Gasteiger partial charge on any atom is -0.369 e. The van der Waals surface area contributed by atoms with E-state index < -0.39 is 5.97 Å². The van der Waals surface area contributed by atoms with E-state index in [-0.39, 0.29) is 6.42 Å². The summed E-state index contributed by atoms with van der Waals surface area (Å²) in [4.78, 5) is 12.5. The Hall–Kier alpha value is -0.930. The topological polar surface area (TPSA) is 40.2 Å². The molecule has 5 heteroatoms. The molecule has 105 valence electrons. The standard InChI is InChI=1S/C14H18Cl2NO2/c15-8-10-17(11-9-16)13-6-4-12(5-7-13)2-1-3-14(18)19/h4-7H,1-3,8-11H2. The number of rotatable bonds is 9. The third-order valence-corrected chi connectivity index (χ3v) is 3.19. The van der Waals surface area contributed by atoms with Crippen molar-refractivity contribution in [3.05, 3.63) is 29.8 Å². The van der Waals surface area contributed by atoms with Gasteiger partial charge in [-0.25, -0.2) is 9.90 Å². The summed E-state index contributed by atoms with van der Waals surface area (Å²) in [6, 6.07) is 8.07. The third-order valence-electron chi connectivity index (χ3n) is 2.86. The van der Waals surface area contributed by atoms with Crippen molar-refractivity contribution in [3.8, 4) is 0 Å². The molecule has 0 bridgehead atoms. The monoisotopic (exact) mass is 302 g/mol. The van der Waals surface area contributed by atoms with Gasteiger partial charge >= 0.3 is 5.97 Å². The number of anilines is 1. The van der Waals surface area contributed by atoms with Crippen LogP contribution in [-0.4, -0.2) is 30.8 Å². The summed E-state index contributed by atoms with van der Waals surface area (Å²) in [5, 5.41) is 10.3. The molecule has 1 radical (unpaired) electrons. The lowest BCUT2D eigenvalue weighted by atomic mass is 10.1. The van der Waals surface area contributed by atoms with Gasteiger partial charge < -0.3 is 4.90 Å². The molecule has 0 aliphatic heterocycles. The number of nitrogens with zero attached hydrogens (tertiary/aromatic N) is 1. The van der Waals surface area contributed by atoms with Crippen molar-refractivity contribution in [1.29, 1.82) is 0 Å². The van der Waals surface area contributed by atoms with E-state index in [4.69, 9.17) is 23.2 Å². The molecule has 0 aromatic heterocycles. The molecular formula is C14H18Cl2NO2. The summed E-state index contributed by atoms with van der Waals surface area (Å²) in [6.07, 6.45) is 1.46. The van der Waals surface area contributed by atoms with Crippen LogP contribution < -0.4 is 4.90 Å². The summed E-state index contributed by atoms with van der Waals surface area (Å²) < 4.78 is 0. The van der Waals surface area contributed by atoms with Crippen LogP contribution in [0.3, 0.4) is 0 Å². The summed E-state index contributed by atoms with van der Waals surface area (Å²) in [5.41, 5.74) is 2.21. The molecule has 0 saturated heterocycles. The molecule has 0 heterocycles. The van der Waals surface area contributed by atoms with Gasteiger partial charge in [0.25, 0.3) is 0 Å². The first-order valence-electron chi connectivity index (χ1n) is 6.33. The molecule has 1 rings (SSSR count). The first-order chi connectivity index (χ1) is 9.17. The van der Waals surface area contributed by atoms with Gasteiger partial charge in [-0.3, -0.25) is 0 Å². The first kappa shape index (κ1) is 16.1. The molecule has 1 aromatic carbocycles. The van der Waals surface area contributed by atoms with E-state index in [9.17, 15) is 9.90 Å². The van der Waals surface area contributed by atoms with Gasteiger partial charge in [0.2, 0.25) is 0 Å². The van der Waals surface area contributed by atoms with Crippen molar-refractivity contribution in [2.24, 2.45) is 0 Å². The predicted octanol–water partition coefficient (Wildman–Crippen LogP) is 3.25. The molecule has 0 aliphatic carbocycles. The summed E-state index contributed by atoms with van der Waals surface area (Å²) in [7, 11) is 0. The Bertz CT molecular complexity index is 376. The van der Waals surface area contributed by atoms with E-state index in [0.717, 1.165) is 30.8 Å². The number of hydrogen-bond acceptors (Lipinski definition) is 2. The molecule has 1 aromatic rings. The van der Waals surface area contributed by atoms with Gasteiger partial charge in [0.1, 0.15) is 0 Å². The second-order valence-electron chi connectivity index (χ2n) is 4.26. The molecule has 0 fully saturated rings. The Morgan fingerprint density at radius 3 is 2.11 bits per heavy atom. The van der Waals surface area contributed by atoms with Crippen LogP contribution in [-0.2, 0) is 16.3 Å². The van der Waals surface area contributed by atoms with Gasteiger partial charge in [-0.1, -0.05) is 12.1 Å². The lowest BCUT2D eigenvalue weighted by Crippen LogP contribution is -2.27.